The summed E-state index contributed by atoms with van der Waals surface area (Å²) >= 11 is 0. The second-order valence-electron chi connectivity index (χ2n) is 2.42. The molecule has 10 heavy (non-hydrogen) atoms. The molecule has 0 bridgehead atoms. The van der Waals surface area contributed by atoms with Gasteiger partial charge in [0, 0.05) is 6.66 Å². The smallest absolute Gasteiger partial charge is 0.252 e. The zero-order valence-electron chi connectivity index (χ0n) is 6.00. The third-order valence-electron chi connectivity index (χ3n) is 1.55. The maximum absolute atomic E-state index is 11.3. The SMILES string of the molecule is C#CC1=CC(C)P(C)(=O)O1. The lowest BCUT2D eigenvalue weighted by atomic mass is 10.4. The molecule has 0 aromatic carbocycles. The lowest BCUT2D eigenvalue weighted by molar-refractivity contribution is 0.437. The Bertz CT molecular complexity index is 259. The molecule has 0 fully saturated rings. The van der Waals surface area contributed by atoms with Crippen LogP contribution in [-0.2, 0) is 9.09 Å². The Labute approximate surface area is 60.7 Å². The minimum Gasteiger partial charge on any atom is -0.434 e. The van der Waals surface area contributed by atoms with Crippen LogP contribution in [0.15, 0.2) is 11.8 Å². The summed E-state index contributed by atoms with van der Waals surface area (Å²) in [6.07, 6.45) is 6.78. The lowest BCUT2D eigenvalue weighted by Crippen LogP contribution is -1.91. The average Bonchev–Trinajstić information content (AvgIpc) is 2.08. The van der Waals surface area contributed by atoms with E-state index in [2.05, 4.69) is 5.92 Å². The highest BCUT2D eigenvalue weighted by Gasteiger charge is 2.31. The first-order valence-electron chi connectivity index (χ1n) is 3.01. The van der Waals surface area contributed by atoms with Crippen LogP contribution in [0.4, 0.5) is 0 Å². The van der Waals surface area contributed by atoms with Crippen LogP contribution in [-0.4, -0.2) is 12.3 Å². The lowest BCUT2D eigenvalue weighted by Gasteiger charge is -2.08. The second kappa shape index (κ2) is 2.18. The third kappa shape index (κ3) is 1.10. The van der Waals surface area contributed by atoms with Crippen molar-refractivity contribution in [3.8, 4) is 12.3 Å². The van der Waals surface area contributed by atoms with Crippen LogP contribution in [0.1, 0.15) is 6.92 Å². The molecular weight excluding hydrogens is 147 g/mol. The molecule has 0 radical (unpaired) electrons. The molecule has 2 atom stereocenters. The van der Waals surface area contributed by atoms with Crippen LogP contribution in [0.2, 0.25) is 0 Å². The van der Waals surface area contributed by atoms with Gasteiger partial charge in [0.2, 0.25) is 0 Å². The average molecular weight is 156 g/mol. The van der Waals surface area contributed by atoms with Gasteiger partial charge in [-0.15, -0.1) is 6.42 Å². The Morgan fingerprint density at radius 2 is 2.50 bits per heavy atom. The zero-order valence-corrected chi connectivity index (χ0v) is 6.89. The normalized spacial score (nSPS) is 38.1. The van der Waals surface area contributed by atoms with Gasteiger partial charge < -0.3 is 4.52 Å². The molecule has 1 aliphatic rings. The van der Waals surface area contributed by atoms with Gasteiger partial charge in [0.25, 0.3) is 7.37 Å². The molecule has 1 heterocycles. The maximum atomic E-state index is 11.3. The summed E-state index contributed by atoms with van der Waals surface area (Å²) in [6, 6.07) is 0. The van der Waals surface area contributed by atoms with Gasteiger partial charge in [0.1, 0.15) is 0 Å². The molecule has 0 saturated heterocycles. The summed E-state index contributed by atoms with van der Waals surface area (Å²) < 4.78 is 16.3. The highest BCUT2D eigenvalue weighted by atomic mass is 31.2. The first-order valence-corrected chi connectivity index (χ1v) is 5.15. The Kier molecular flexibility index (Phi) is 1.62. The van der Waals surface area contributed by atoms with Gasteiger partial charge in [-0.3, -0.25) is 4.57 Å². The Balaban J connectivity index is 2.89. The number of rotatable bonds is 0. The summed E-state index contributed by atoms with van der Waals surface area (Å²) in [4.78, 5) is 0. The topological polar surface area (TPSA) is 26.3 Å². The highest BCUT2D eigenvalue weighted by Crippen LogP contribution is 2.54. The van der Waals surface area contributed by atoms with Crippen LogP contribution in [0.5, 0.6) is 0 Å². The van der Waals surface area contributed by atoms with E-state index < -0.39 is 7.37 Å². The molecule has 1 rings (SSSR count). The first kappa shape index (κ1) is 7.44. The number of allylic oxidation sites excluding steroid dienone is 2. The van der Waals surface area contributed by atoms with E-state index in [4.69, 9.17) is 10.9 Å². The standard InChI is InChI=1S/C7H9O2P/c1-4-7-5-6(2)10(3,8)9-7/h1,5-6H,2-3H3. The molecule has 3 heteroatoms. The molecule has 0 N–H and O–H groups in total. The van der Waals surface area contributed by atoms with E-state index in [0.717, 1.165) is 0 Å². The van der Waals surface area contributed by atoms with Gasteiger partial charge in [-0.1, -0.05) is 0 Å². The van der Waals surface area contributed by atoms with Gasteiger partial charge in [-0.25, -0.2) is 0 Å². The summed E-state index contributed by atoms with van der Waals surface area (Å²) in [5.74, 6) is 2.73. The quantitative estimate of drug-likeness (QED) is 0.395. The number of hydrogen-bond acceptors (Lipinski definition) is 2. The zero-order chi connectivity index (χ0) is 7.78. The molecular formula is C7H9O2P. The molecule has 2 nitrogen and oxygen atoms in total. The van der Waals surface area contributed by atoms with Crippen LogP contribution >= 0.6 is 7.37 Å². The highest BCUT2D eigenvalue weighted by molar-refractivity contribution is 7.59. The number of hydrogen-bond donors (Lipinski definition) is 0. The predicted molar refractivity (Wildman–Crippen MR) is 41.0 cm³/mol. The van der Waals surface area contributed by atoms with Gasteiger partial charge in [-0.05, 0) is 18.9 Å². The van der Waals surface area contributed by atoms with Crippen molar-refractivity contribution in [3.05, 3.63) is 11.8 Å². The van der Waals surface area contributed by atoms with Crippen LogP contribution in [0.25, 0.3) is 0 Å². The minimum absolute atomic E-state index is 0.0291. The molecule has 0 spiro atoms. The molecule has 0 saturated carbocycles. The van der Waals surface area contributed by atoms with Crippen molar-refractivity contribution in [1.82, 2.24) is 0 Å². The van der Waals surface area contributed by atoms with E-state index in [0.29, 0.717) is 5.76 Å². The number of terminal acetylenes is 1. The molecule has 54 valence electrons. The van der Waals surface area contributed by atoms with E-state index in [1.54, 1.807) is 12.7 Å². The minimum atomic E-state index is -2.44. The Morgan fingerprint density at radius 1 is 1.90 bits per heavy atom. The maximum Gasteiger partial charge on any atom is 0.252 e. The van der Waals surface area contributed by atoms with E-state index >= 15 is 0 Å². The predicted octanol–water partition coefficient (Wildman–Crippen LogP) is 1.83. The molecule has 0 aromatic rings. The summed E-state index contributed by atoms with van der Waals surface area (Å²) in [5, 5.41) is 0. The van der Waals surface area contributed by atoms with Crippen molar-refractivity contribution >= 4 is 7.37 Å². The fourth-order valence-corrected chi connectivity index (χ4v) is 1.81. The van der Waals surface area contributed by atoms with Gasteiger partial charge in [-0.2, -0.15) is 0 Å². The Morgan fingerprint density at radius 3 is 2.70 bits per heavy atom. The second-order valence-corrected chi connectivity index (χ2v) is 5.23. The van der Waals surface area contributed by atoms with E-state index in [1.807, 2.05) is 6.92 Å². The third-order valence-corrected chi connectivity index (χ3v) is 3.74. The van der Waals surface area contributed by atoms with E-state index in [-0.39, 0.29) is 5.66 Å². The van der Waals surface area contributed by atoms with Gasteiger partial charge in [0.05, 0.1) is 5.66 Å². The molecule has 0 amide bonds. The largest absolute Gasteiger partial charge is 0.434 e. The molecule has 1 aliphatic heterocycles. The summed E-state index contributed by atoms with van der Waals surface area (Å²) in [5.41, 5.74) is -0.0291. The van der Waals surface area contributed by atoms with Crippen LogP contribution in [0.3, 0.4) is 0 Å². The van der Waals surface area contributed by atoms with E-state index in [1.165, 1.54) is 0 Å². The summed E-state index contributed by atoms with van der Waals surface area (Å²) in [6.45, 7) is 3.43. The van der Waals surface area contributed by atoms with E-state index in [9.17, 15) is 4.57 Å². The Hall–Kier alpha value is -0.670. The van der Waals surface area contributed by atoms with Gasteiger partial charge in [0.15, 0.2) is 5.76 Å². The fraction of sp³-hybridized carbons (Fsp3) is 0.429. The monoisotopic (exact) mass is 156 g/mol. The van der Waals surface area contributed by atoms with Crippen molar-refractivity contribution in [2.45, 2.75) is 12.6 Å². The van der Waals surface area contributed by atoms with Crippen molar-refractivity contribution in [3.63, 3.8) is 0 Å². The van der Waals surface area contributed by atoms with Crippen molar-refractivity contribution in [2.75, 3.05) is 6.66 Å². The fourth-order valence-electron chi connectivity index (χ4n) is 0.738. The van der Waals surface area contributed by atoms with Crippen LogP contribution < -0.4 is 0 Å². The summed E-state index contributed by atoms with van der Waals surface area (Å²) in [7, 11) is -2.44. The van der Waals surface area contributed by atoms with Crippen molar-refractivity contribution in [2.24, 2.45) is 0 Å². The molecule has 2 unspecified atom stereocenters. The van der Waals surface area contributed by atoms with Crippen LogP contribution in [0, 0.1) is 12.3 Å². The van der Waals surface area contributed by atoms with Gasteiger partial charge >= 0.3 is 0 Å². The van der Waals surface area contributed by atoms with Crippen molar-refractivity contribution in [1.29, 1.82) is 0 Å². The first-order chi connectivity index (χ1) is 4.56. The van der Waals surface area contributed by atoms with Crippen molar-refractivity contribution < 1.29 is 9.09 Å². The molecule has 0 aliphatic carbocycles. The molecule has 0 aromatic heterocycles.